The van der Waals surface area contributed by atoms with E-state index in [4.69, 9.17) is 19.9 Å². The molecule has 0 aromatic heterocycles. The minimum Gasteiger partial charge on any atom is -0.454 e. The van der Waals surface area contributed by atoms with Crippen molar-refractivity contribution in [1.29, 1.82) is 0 Å². The minimum absolute atomic E-state index is 0.0959. The van der Waals surface area contributed by atoms with E-state index >= 15 is 0 Å². The highest BCUT2D eigenvalue weighted by Gasteiger charge is 2.29. The molecule has 2 aliphatic heterocycles. The lowest BCUT2D eigenvalue weighted by Gasteiger charge is -2.32. The van der Waals surface area contributed by atoms with Crippen molar-refractivity contribution in [2.24, 2.45) is 5.73 Å². The molecular weight excluding hydrogens is 276 g/mol. The number of benzene rings is 1. The molecule has 1 aromatic carbocycles. The molecule has 2 heterocycles. The van der Waals surface area contributed by atoms with Crippen LogP contribution in [0.5, 0.6) is 11.5 Å². The summed E-state index contributed by atoms with van der Waals surface area (Å²) in [5.74, 6) is 0.622. The summed E-state index contributed by atoms with van der Waals surface area (Å²) in [6.07, 6.45) is 0. The van der Waals surface area contributed by atoms with Gasteiger partial charge in [0.05, 0.1) is 19.8 Å². The van der Waals surface area contributed by atoms with Crippen molar-refractivity contribution in [3.63, 3.8) is 0 Å². The fraction of sp³-hybridized carbons (Fsp3) is 0.429. The third-order valence-electron chi connectivity index (χ3n) is 3.61. The predicted octanol–water partition coefficient (Wildman–Crippen LogP) is -0.216. The van der Waals surface area contributed by atoms with Crippen molar-refractivity contribution >= 4 is 11.7 Å². The van der Waals surface area contributed by atoms with E-state index in [1.165, 1.54) is 0 Å². The van der Waals surface area contributed by atoms with E-state index < -0.39 is 11.9 Å². The maximum Gasteiger partial charge on any atom is 0.237 e. The van der Waals surface area contributed by atoms with E-state index in [2.05, 4.69) is 0 Å². The second kappa shape index (κ2) is 5.71. The molecule has 0 spiro atoms. The molecule has 1 amide bonds. The van der Waals surface area contributed by atoms with Crippen LogP contribution >= 0.6 is 0 Å². The number of hydrogen-bond acceptors (Lipinski definition) is 6. The zero-order valence-electron chi connectivity index (χ0n) is 11.4. The second-order valence-corrected chi connectivity index (χ2v) is 4.95. The van der Waals surface area contributed by atoms with Crippen LogP contribution in [-0.2, 0) is 9.53 Å². The number of Topliss-reactive ketones (excluding diaryl/α,β-unsaturated/α-hetero) is 1. The molecule has 7 heteroatoms. The highest BCUT2D eigenvalue weighted by Crippen LogP contribution is 2.32. The van der Waals surface area contributed by atoms with Gasteiger partial charge in [0.1, 0.15) is 6.04 Å². The van der Waals surface area contributed by atoms with Crippen LogP contribution in [0.1, 0.15) is 10.4 Å². The van der Waals surface area contributed by atoms with Gasteiger partial charge in [-0.1, -0.05) is 0 Å². The molecular formula is C14H16N2O5. The number of rotatable bonds is 4. The number of amides is 1. The summed E-state index contributed by atoms with van der Waals surface area (Å²) in [5, 5.41) is 0. The van der Waals surface area contributed by atoms with E-state index in [1.807, 2.05) is 0 Å². The SMILES string of the molecule is NC(=O)C1COCCN1CC(=O)c1ccc2c(c1)OCO2. The molecule has 1 aromatic rings. The Morgan fingerprint density at radius 1 is 1.29 bits per heavy atom. The molecule has 21 heavy (non-hydrogen) atoms. The van der Waals surface area contributed by atoms with Crippen LogP contribution in [0.15, 0.2) is 18.2 Å². The van der Waals surface area contributed by atoms with Gasteiger partial charge in [-0.3, -0.25) is 14.5 Å². The van der Waals surface area contributed by atoms with Crippen LogP contribution in [0.4, 0.5) is 0 Å². The lowest BCUT2D eigenvalue weighted by atomic mass is 10.1. The van der Waals surface area contributed by atoms with Gasteiger partial charge < -0.3 is 19.9 Å². The van der Waals surface area contributed by atoms with E-state index in [-0.39, 0.29) is 25.7 Å². The van der Waals surface area contributed by atoms with Gasteiger partial charge in [-0.2, -0.15) is 0 Å². The highest BCUT2D eigenvalue weighted by atomic mass is 16.7. The van der Waals surface area contributed by atoms with Gasteiger partial charge in [0, 0.05) is 12.1 Å². The number of nitrogens with two attached hydrogens (primary N) is 1. The van der Waals surface area contributed by atoms with Crippen LogP contribution in [0.2, 0.25) is 0 Å². The molecule has 7 nitrogen and oxygen atoms in total. The number of primary amides is 1. The normalized spacial score (nSPS) is 21.2. The summed E-state index contributed by atoms with van der Waals surface area (Å²) in [6, 6.07) is 4.50. The van der Waals surface area contributed by atoms with Crippen LogP contribution in [0, 0.1) is 0 Å². The number of hydrogen-bond donors (Lipinski definition) is 1. The summed E-state index contributed by atoms with van der Waals surface area (Å²) < 4.78 is 15.7. The summed E-state index contributed by atoms with van der Waals surface area (Å²) in [5.41, 5.74) is 5.86. The van der Waals surface area contributed by atoms with Crippen LogP contribution in [-0.4, -0.2) is 55.7 Å². The molecule has 0 saturated carbocycles. The average Bonchev–Trinajstić information content (AvgIpc) is 2.94. The third kappa shape index (κ3) is 2.84. The average molecular weight is 292 g/mol. The van der Waals surface area contributed by atoms with Crippen molar-refractivity contribution in [2.45, 2.75) is 6.04 Å². The fourth-order valence-electron chi connectivity index (χ4n) is 2.44. The number of fused-ring (bicyclic) bond motifs is 1. The van der Waals surface area contributed by atoms with Crippen molar-refractivity contribution < 1.29 is 23.8 Å². The number of carbonyl (C=O) groups excluding carboxylic acids is 2. The lowest BCUT2D eigenvalue weighted by molar-refractivity contribution is -0.128. The topological polar surface area (TPSA) is 91.1 Å². The number of nitrogens with zero attached hydrogens (tertiary/aromatic N) is 1. The Balaban J connectivity index is 1.72. The first-order chi connectivity index (χ1) is 10.1. The molecule has 2 aliphatic rings. The van der Waals surface area contributed by atoms with Gasteiger partial charge in [0.25, 0.3) is 0 Å². The zero-order valence-corrected chi connectivity index (χ0v) is 11.4. The van der Waals surface area contributed by atoms with Gasteiger partial charge in [-0.15, -0.1) is 0 Å². The Morgan fingerprint density at radius 3 is 2.90 bits per heavy atom. The molecule has 1 saturated heterocycles. The van der Waals surface area contributed by atoms with Crippen LogP contribution < -0.4 is 15.2 Å². The first-order valence-corrected chi connectivity index (χ1v) is 6.69. The van der Waals surface area contributed by atoms with Gasteiger partial charge in [-0.25, -0.2) is 0 Å². The van der Waals surface area contributed by atoms with Crippen molar-refractivity contribution in [3.05, 3.63) is 23.8 Å². The lowest BCUT2D eigenvalue weighted by Crippen LogP contribution is -2.53. The molecule has 2 N–H and O–H groups in total. The summed E-state index contributed by atoms with van der Waals surface area (Å²) in [6.45, 7) is 1.50. The smallest absolute Gasteiger partial charge is 0.237 e. The van der Waals surface area contributed by atoms with Crippen molar-refractivity contribution in [3.8, 4) is 11.5 Å². The van der Waals surface area contributed by atoms with Gasteiger partial charge in [-0.05, 0) is 18.2 Å². The maximum absolute atomic E-state index is 12.3. The Morgan fingerprint density at radius 2 is 2.10 bits per heavy atom. The summed E-state index contributed by atoms with van der Waals surface area (Å²) >= 11 is 0. The molecule has 1 unspecified atom stereocenters. The Bertz CT molecular complexity index is 574. The summed E-state index contributed by atoms with van der Waals surface area (Å²) in [4.78, 5) is 25.5. The van der Waals surface area contributed by atoms with E-state index in [0.29, 0.717) is 30.2 Å². The van der Waals surface area contributed by atoms with Crippen LogP contribution in [0.3, 0.4) is 0 Å². The Hall–Kier alpha value is -2.12. The van der Waals surface area contributed by atoms with Crippen LogP contribution in [0.25, 0.3) is 0 Å². The number of carbonyl (C=O) groups is 2. The maximum atomic E-state index is 12.3. The Labute approximate surface area is 121 Å². The number of ketones is 1. The van der Waals surface area contributed by atoms with Gasteiger partial charge in [0.2, 0.25) is 12.7 Å². The monoisotopic (exact) mass is 292 g/mol. The molecule has 112 valence electrons. The molecule has 0 radical (unpaired) electrons. The quantitative estimate of drug-likeness (QED) is 0.772. The molecule has 0 bridgehead atoms. The van der Waals surface area contributed by atoms with Gasteiger partial charge >= 0.3 is 0 Å². The first kappa shape index (κ1) is 13.8. The van der Waals surface area contributed by atoms with Gasteiger partial charge in [0.15, 0.2) is 17.3 Å². The molecule has 0 aliphatic carbocycles. The predicted molar refractivity (Wildman–Crippen MR) is 72.3 cm³/mol. The van der Waals surface area contributed by atoms with Crippen molar-refractivity contribution in [2.75, 3.05) is 33.1 Å². The molecule has 1 fully saturated rings. The second-order valence-electron chi connectivity index (χ2n) is 4.95. The van der Waals surface area contributed by atoms with Crippen molar-refractivity contribution in [1.82, 2.24) is 4.90 Å². The molecule has 3 rings (SSSR count). The molecule has 1 atom stereocenters. The summed E-state index contributed by atoms with van der Waals surface area (Å²) in [7, 11) is 0. The zero-order chi connectivity index (χ0) is 14.8. The van der Waals surface area contributed by atoms with E-state index in [9.17, 15) is 9.59 Å². The van der Waals surface area contributed by atoms with E-state index in [0.717, 1.165) is 0 Å². The third-order valence-corrected chi connectivity index (χ3v) is 3.61. The standard InChI is InChI=1S/C14H16N2O5/c15-14(18)10-7-19-4-3-16(10)6-11(17)9-1-2-12-13(5-9)21-8-20-12/h1-2,5,10H,3-4,6-8H2,(H2,15,18). The first-order valence-electron chi connectivity index (χ1n) is 6.69. The largest absolute Gasteiger partial charge is 0.454 e. The minimum atomic E-state index is -0.559. The van der Waals surface area contributed by atoms with E-state index in [1.54, 1.807) is 23.1 Å². The fourth-order valence-corrected chi connectivity index (χ4v) is 2.44. The highest BCUT2D eigenvalue weighted by molar-refractivity contribution is 5.98. The number of ether oxygens (including phenoxy) is 3. The number of morpholine rings is 1. The Kier molecular flexibility index (Phi) is 3.76.